The number of hydrogen-bond acceptors (Lipinski definition) is 8. The SMILES string of the molecule is O=C1CC(CSSCC2CC(=O)N(Cc3ccc(Oc4ccccc4)cc3)C2=O)C(=O)N1Cc1ccc(Oc2ccccc2)cc1. The van der Waals surface area contributed by atoms with Gasteiger partial charge in [0, 0.05) is 24.3 Å². The summed E-state index contributed by atoms with van der Waals surface area (Å²) in [5.74, 6) is 2.21. The standard InChI is InChI=1S/C36H32N2O6S2/c39-33-19-27(35(41)37(33)21-25-11-15-31(16-12-25)43-29-7-3-1-4-8-29)23-45-46-24-28-20-34(40)38(36(28)42)22-26-13-17-32(18-14-26)44-30-9-5-2-6-10-30/h1-18,27-28H,19-24H2. The summed E-state index contributed by atoms with van der Waals surface area (Å²) in [5.41, 5.74) is 1.69. The zero-order valence-corrected chi connectivity index (χ0v) is 26.6. The minimum absolute atomic E-state index is 0.172. The molecule has 234 valence electrons. The summed E-state index contributed by atoms with van der Waals surface area (Å²) in [6.45, 7) is 0.434. The summed E-state index contributed by atoms with van der Waals surface area (Å²) >= 11 is 0. The van der Waals surface area contributed by atoms with E-state index in [1.54, 1.807) is 0 Å². The molecule has 4 aromatic rings. The summed E-state index contributed by atoms with van der Waals surface area (Å²) in [6, 6.07) is 33.6. The third kappa shape index (κ3) is 7.81. The number of imide groups is 2. The second-order valence-electron chi connectivity index (χ2n) is 11.1. The number of carbonyl (C=O) groups excluding carboxylic acids is 4. The lowest BCUT2D eigenvalue weighted by atomic mass is 10.1. The van der Waals surface area contributed by atoms with Gasteiger partial charge in [-0.25, -0.2) is 0 Å². The van der Waals surface area contributed by atoms with Crippen molar-refractivity contribution in [1.82, 2.24) is 9.80 Å². The Morgan fingerprint density at radius 1 is 0.500 bits per heavy atom. The highest BCUT2D eigenvalue weighted by atomic mass is 33.1. The lowest BCUT2D eigenvalue weighted by Crippen LogP contribution is -2.30. The third-order valence-electron chi connectivity index (χ3n) is 7.78. The number of amides is 4. The highest BCUT2D eigenvalue weighted by molar-refractivity contribution is 8.76. The van der Waals surface area contributed by atoms with Crippen LogP contribution in [0, 0.1) is 11.8 Å². The number of rotatable bonds is 13. The lowest BCUT2D eigenvalue weighted by Gasteiger charge is -2.16. The zero-order chi connectivity index (χ0) is 31.9. The lowest BCUT2D eigenvalue weighted by molar-refractivity contribution is -0.141. The van der Waals surface area contributed by atoms with Gasteiger partial charge in [0.25, 0.3) is 0 Å². The summed E-state index contributed by atoms with van der Waals surface area (Å²) < 4.78 is 11.6. The van der Waals surface area contributed by atoms with Crippen LogP contribution in [0.15, 0.2) is 109 Å². The van der Waals surface area contributed by atoms with Gasteiger partial charge >= 0.3 is 0 Å². The highest BCUT2D eigenvalue weighted by Crippen LogP contribution is 2.35. The second-order valence-corrected chi connectivity index (χ2v) is 13.7. The van der Waals surface area contributed by atoms with Crippen LogP contribution in [0.3, 0.4) is 0 Å². The first-order chi connectivity index (χ1) is 22.4. The Hall–Kier alpha value is -4.54. The molecular weight excluding hydrogens is 621 g/mol. The largest absolute Gasteiger partial charge is 0.457 e. The minimum Gasteiger partial charge on any atom is -0.457 e. The molecule has 10 heteroatoms. The smallest absolute Gasteiger partial charge is 0.233 e. The predicted molar refractivity (Wildman–Crippen MR) is 178 cm³/mol. The fourth-order valence-corrected chi connectivity index (χ4v) is 7.90. The van der Waals surface area contributed by atoms with Gasteiger partial charge in [-0.15, -0.1) is 0 Å². The van der Waals surface area contributed by atoms with Crippen LogP contribution in [0.4, 0.5) is 0 Å². The molecule has 0 aliphatic carbocycles. The quantitative estimate of drug-likeness (QED) is 0.0858. The minimum atomic E-state index is -0.406. The van der Waals surface area contributed by atoms with E-state index in [-0.39, 0.29) is 49.6 Å². The van der Waals surface area contributed by atoms with Gasteiger partial charge in [-0.1, -0.05) is 82.3 Å². The molecule has 0 N–H and O–H groups in total. The monoisotopic (exact) mass is 652 g/mol. The second kappa shape index (κ2) is 14.7. The highest BCUT2D eigenvalue weighted by Gasteiger charge is 2.40. The zero-order valence-electron chi connectivity index (χ0n) is 25.0. The van der Waals surface area contributed by atoms with Crippen molar-refractivity contribution in [3.05, 3.63) is 120 Å². The van der Waals surface area contributed by atoms with Crippen LogP contribution in [0.2, 0.25) is 0 Å². The van der Waals surface area contributed by atoms with Crippen molar-refractivity contribution < 1.29 is 28.7 Å². The Kier molecular flexibility index (Phi) is 10.0. The van der Waals surface area contributed by atoms with Gasteiger partial charge in [-0.3, -0.25) is 29.0 Å². The van der Waals surface area contributed by atoms with Crippen LogP contribution in [-0.2, 0) is 32.3 Å². The van der Waals surface area contributed by atoms with Crippen molar-refractivity contribution in [2.75, 3.05) is 11.5 Å². The number of para-hydroxylation sites is 2. The number of nitrogens with zero attached hydrogens (tertiary/aromatic N) is 2. The van der Waals surface area contributed by atoms with Gasteiger partial charge in [0.2, 0.25) is 23.6 Å². The van der Waals surface area contributed by atoms with Crippen LogP contribution >= 0.6 is 21.6 Å². The molecule has 6 rings (SSSR count). The topological polar surface area (TPSA) is 93.2 Å². The van der Waals surface area contributed by atoms with Crippen LogP contribution in [0.1, 0.15) is 24.0 Å². The van der Waals surface area contributed by atoms with Gasteiger partial charge < -0.3 is 9.47 Å². The molecule has 0 radical (unpaired) electrons. The van der Waals surface area contributed by atoms with Crippen LogP contribution < -0.4 is 9.47 Å². The molecule has 2 aliphatic rings. The van der Waals surface area contributed by atoms with Crippen LogP contribution in [-0.4, -0.2) is 44.9 Å². The van der Waals surface area contributed by atoms with E-state index in [0.717, 1.165) is 22.6 Å². The first kappa shape index (κ1) is 31.4. The number of likely N-dealkylation sites (tertiary alicyclic amines) is 2. The Balaban J connectivity index is 0.930. The van der Waals surface area contributed by atoms with E-state index in [2.05, 4.69) is 0 Å². The van der Waals surface area contributed by atoms with E-state index in [1.165, 1.54) is 31.4 Å². The van der Waals surface area contributed by atoms with E-state index >= 15 is 0 Å². The first-order valence-electron chi connectivity index (χ1n) is 15.0. The van der Waals surface area contributed by atoms with Crippen molar-refractivity contribution in [2.45, 2.75) is 25.9 Å². The Labute approximate surface area is 275 Å². The summed E-state index contributed by atoms with van der Waals surface area (Å²) in [5, 5.41) is 0. The van der Waals surface area contributed by atoms with Crippen molar-refractivity contribution in [3.63, 3.8) is 0 Å². The number of hydrogen-bond donors (Lipinski definition) is 0. The molecule has 0 bridgehead atoms. The molecule has 4 aromatic carbocycles. The fourth-order valence-electron chi connectivity index (χ4n) is 5.30. The molecule has 2 fully saturated rings. The molecule has 0 aromatic heterocycles. The van der Waals surface area contributed by atoms with Crippen LogP contribution in [0.25, 0.3) is 0 Å². The summed E-state index contributed by atoms with van der Waals surface area (Å²) in [7, 11) is 2.94. The van der Waals surface area contributed by atoms with Gasteiger partial charge in [-0.2, -0.15) is 0 Å². The molecule has 4 amide bonds. The van der Waals surface area contributed by atoms with E-state index in [1.807, 2.05) is 109 Å². The first-order valence-corrected chi connectivity index (χ1v) is 17.5. The van der Waals surface area contributed by atoms with Gasteiger partial charge in [0.15, 0.2) is 0 Å². The van der Waals surface area contributed by atoms with Crippen molar-refractivity contribution in [2.24, 2.45) is 11.8 Å². The van der Waals surface area contributed by atoms with Crippen molar-refractivity contribution in [1.29, 1.82) is 0 Å². The molecule has 0 saturated carbocycles. The molecule has 46 heavy (non-hydrogen) atoms. The van der Waals surface area contributed by atoms with Crippen molar-refractivity contribution >= 4 is 45.2 Å². The molecule has 2 aliphatic heterocycles. The third-order valence-corrected chi connectivity index (χ3v) is 10.3. The molecule has 0 spiro atoms. The normalized spacial score (nSPS) is 18.0. The Morgan fingerprint density at radius 2 is 0.848 bits per heavy atom. The van der Waals surface area contributed by atoms with E-state index in [4.69, 9.17) is 9.47 Å². The average molecular weight is 653 g/mol. The van der Waals surface area contributed by atoms with Gasteiger partial charge in [0.1, 0.15) is 23.0 Å². The molecule has 2 saturated heterocycles. The number of carbonyl (C=O) groups is 4. The molecule has 2 atom stereocenters. The average Bonchev–Trinajstić information content (AvgIpc) is 3.50. The Morgan fingerprint density at radius 3 is 1.22 bits per heavy atom. The van der Waals surface area contributed by atoms with Crippen molar-refractivity contribution in [3.8, 4) is 23.0 Å². The summed E-state index contributed by atoms with van der Waals surface area (Å²) in [4.78, 5) is 54.1. The fraction of sp³-hybridized carbons (Fsp3) is 0.222. The molecule has 2 unspecified atom stereocenters. The van der Waals surface area contributed by atoms with E-state index < -0.39 is 11.8 Å². The van der Waals surface area contributed by atoms with Gasteiger partial charge in [-0.05, 0) is 59.7 Å². The number of ether oxygens (including phenoxy) is 2. The molecule has 2 heterocycles. The molecule has 8 nitrogen and oxygen atoms in total. The van der Waals surface area contributed by atoms with Crippen LogP contribution in [0.5, 0.6) is 23.0 Å². The van der Waals surface area contributed by atoms with E-state index in [9.17, 15) is 19.2 Å². The molecular formula is C36H32N2O6S2. The maximum Gasteiger partial charge on any atom is 0.233 e. The number of benzene rings is 4. The van der Waals surface area contributed by atoms with E-state index in [0.29, 0.717) is 23.0 Å². The Bertz CT molecular complexity index is 1560. The maximum absolute atomic E-state index is 13.0. The predicted octanol–water partition coefficient (Wildman–Crippen LogP) is 7.10. The maximum atomic E-state index is 13.0. The summed E-state index contributed by atoms with van der Waals surface area (Å²) in [6.07, 6.45) is 0.344. The van der Waals surface area contributed by atoms with Gasteiger partial charge in [0.05, 0.1) is 24.9 Å².